The summed E-state index contributed by atoms with van der Waals surface area (Å²) in [6.07, 6.45) is -4.43. The standard InChI is InChI=1S/C11H11BrF3NO3/c1-18-7-2-3-9(8(12)4-7)19-5-10(17)16-6-11(13,14)15/h2-4H,5-6H2,1H3,(H,16,17). The van der Waals surface area contributed by atoms with Crippen molar-refractivity contribution in [2.45, 2.75) is 6.18 Å². The lowest BCUT2D eigenvalue weighted by atomic mass is 10.3. The monoisotopic (exact) mass is 341 g/mol. The molecule has 0 spiro atoms. The maximum Gasteiger partial charge on any atom is 0.405 e. The van der Waals surface area contributed by atoms with Crippen LogP contribution in [0, 0.1) is 0 Å². The van der Waals surface area contributed by atoms with Crippen molar-refractivity contribution >= 4 is 21.8 Å². The second-order valence-corrected chi connectivity index (χ2v) is 4.33. The molecule has 0 saturated heterocycles. The van der Waals surface area contributed by atoms with Crippen LogP contribution < -0.4 is 14.8 Å². The van der Waals surface area contributed by atoms with Crippen LogP contribution in [0.25, 0.3) is 0 Å². The summed E-state index contributed by atoms with van der Waals surface area (Å²) in [5, 5.41) is 1.71. The Morgan fingerprint density at radius 1 is 1.42 bits per heavy atom. The van der Waals surface area contributed by atoms with Crippen molar-refractivity contribution in [1.29, 1.82) is 0 Å². The summed E-state index contributed by atoms with van der Waals surface area (Å²) in [7, 11) is 1.49. The highest BCUT2D eigenvalue weighted by Gasteiger charge is 2.27. The Labute approximate surface area is 116 Å². The first-order valence-electron chi connectivity index (χ1n) is 5.11. The highest BCUT2D eigenvalue weighted by atomic mass is 79.9. The molecular weight excluding hydrogens is 331 g/mol. The van der Waals surface area contributed by atoms with Gasteiger partial charge in [0.1, 0.15) is 18.0 Å². The Kier molecular flexibility index (Phi) is 5.46. The Morgan fingerprint density at radius 2 is 2.11 bits per heavy atom. The summed E-state index contributed by atoms with van der Waals surface area (Å²) in [4.78, 5) is 11.1. The zero-order valence-corrected chi connectivity index (χ0v) is 11.5. The van der Waals surface area contributed by atoms with Crippen LogP contribution in [0.15, 0.2) is 22.7 Å². The van der Waals surface area contributed by atoms with Crippen LogP contribution in [0.1, 0.15) is 0 Å². The normalized spacial score (nSPS) is 11.0. The molecule has 1 amide bonds. The van der Waals surface area contributed by atoms with E-state index >= 15 is 0 Å². The Bertz CT molecular complexity index is 451. The third kappa shape index (κ3) is 5.82. The predicted octanol–water partition coefficient (Wildman–Crippen LogP) is 2.52. The van der Waals surface area contributed by atoms with Gasteiger partial charge in [-0.1, -0.05) is 0 Å². The molecule has 0 unspecified atom stereocenters. The molecule has 106 valence electrons. The van der Waals surface area contributed by atoms with Gasteiger partial charge in [0.25, 0.3) is 5.91 Å². The van der Waals surface area contributed by atoms with Gasteiger partial charge in [-0.15, -0.1) is 0 Å². The van der Waals surface area contributed by atoms with Crippen molar-refractivity contribution in [1.82, 2.24) is 5.32 Å². The second kappa shape index (κ2) is 6.65. The number of halogens is 4. The number of ether oxygens (including phenoxy) is 2. The fourth-order valence-corrected chi connectivity index (χ4v) is 1.59. The molecule has 4 nitrogen and oxygen atoms in total. The number of carbonyl (C=O) groups excluding carboxylic acids is 1. The van der Waals surface area contributed by atoms with Gasteiger partial charge in [0.15, 0.2) is 6.61 Å². The molecule has 0 aliphatic heterocycles. The zero-order chi connectivity index (χ0) is 14.5. The SMILES string of the molecule is COc1ccc(OCC(=O)NCC(F)(F)F)c(Br)c1. The molecule has 0 bridgehead atoms. The Balaban J connectivity index is 2.46. The maximum absolute atomic E-state index is 11.8. The van der Waals surface area contributed by atoms with E-state index in [-0.39, 0.29) is 0 Å². The van der Waals surface area contributed by atoms with Crippen molar-refractivity contribution in [3.63, 3.8) is 0 Å². The van der Waals surface area contributed by atoms with E-state index in [9.17, 15) is 18.0 Å². The van der Waals surface area contributed by atoms with Gasteiger partial charge < -0.3 is 14.8 Å². The van der Waals surface area contributed by atoms with Crippen LogP contribution in [-0.2, 0) is 4.79 Å². The first kappa shape index (κ1) is 15.6. The molecule has 0 radical (unpaired) electrons. The average Bonchev–Trinajstić information content (AvgIpc) is 2.34. The second-order valence-electron chi connectivity index (χ2n) is 3.48. The Hall–Kier alpha value is -1.44. The molecule has 1 aromatic carbocycles. The van der Waals surface area contributed by atoms with Gasteiger partial charge >= 0.3 is 6.18 Å². The molecule has 1 aromatic rings. The summed E-state index contributed by atoms with van der Waals surface area (Å²) < 4.78 is 46.1. The van der Waals surface area contributed by atoms with Crippen LogP contribution in [-0.4, -0.2) is 32.3 Å². The van der Waals surface area contributed by atoms with Crippen molar-refractivity contribution in [2.24, 2.45) is 0 Å². The summed E-state index contributed by atoms with van der Waals surface area (Å²) in [6, 6.07) is 4.76. The fraction of sp³-hybridized carbons (Fsp3) is 0.364. The fourth-order valence-electron chi connectivity index (χ4n) is 1.12. The molecule has 0 atom stereocenters. The first-order valence-corrected chi connectivity index (χ1v) is 5.91. The van der Waals surface area contributed by atoms with E-state index in [0.717, 1.165) is 0 Å². The molecule has 0 saturated carbocycles. The van der Waals surface area contributed by atoms with Gasteiger partial charge in [-0.05, 0) is 34.1 Å². The molecule has 1 rings (SSSR count). The molecule has 0 heterocycles. The van der Waals surface area contributed by atoms with Crippen LogP contribution in [0.5, 0.6) is 11.5 Å². The third-order valence-electron chi connectivity index (χ3n) is 1.98. The van der Waals surface area contributed by atoms with E-state index in [4.69, 9.17) is 9.47 Å². The van der Waals surface area contributed by atoms with E-state index in [1.165, 1.54) is 7.11 Å². The number of hydrogen-bond acceptors (Lipinski definition) is 3. The third-order valence-corrected chi connectivity index (χ3v) is 2.60. The maximum atomic E-state index is 11.8. The summed E-state index contributed by atoms with van der Waals surface area (Å²) in [6.45, 7) is -1.88. The molecule has 0 fully saturated rings. The Morgan fingerprint density at radius 3 is 2.63 bits per heavy atom. The topological polar surface area (TPSA) is 47.6 Å². The molecule has 0 aromatic heterocycles. The molecular formula is C11H11BrF3NO3. The molecule has 0 aliphatic carbocycles. The van der Waals surface area contributed by atoms with Crippen LogP contribution >= 0.6 is 15.9 Å². The van der Waals surface area contributed by atoms with Gasteiger partial charge in [0.05, 0.1) is 11.6 Å². The van der Waals surface area contributed by atoms with Crippen molar-refractivity contribution in [2.75, 3.05) is 20.3 Å². The van der Waals surface area contributed by atoms with Crippen LogP contribution in [0.3, 0.4) is 0 Å². The van der Waals surface area contributed by atoms with Gasteiger partial charge in [-0.25, -0.2) is 0 Å². The average molecular weight is 342 g/mol. The minimum absolute atomic E-state index is 0.336. The molecule has 8 heteroatoms. The number of amides is 1. The van der Waals surface area contributed by atoms with Gasteiger partial charge in [-0.3, -0.25) is 4.79 Å². The highest BCUT2D eigenvalue weighted by molar-refractivity contribution is 9.10. The number of methoxy groups -OCH3 is 1. The minimum Gasteiger partial charge on any atom is -0.497 e. The lowest BCUT2D eigenvalue weighted by Gasteiger charge is -2.11. The number of nitrogens with one attached hydrogen (secondary N) is 1. The van der Waals surface area contributed by atoms with E-state index in [0.29, 0.717) is 16.0 Å². The molecule has 1 N–H and O–H groups in total. The summed E-state index contributed by atoms with van der Waals surface area (Å²) >= 11 is 3.19. The van der Waals surface area contributed by atoms with E-state index in [1.54, 1.807) is 23.5 Å². The van der Waals surface area contributed by atoms with Gasteiger partial charge in [0.2, 0.25) is 0 Å². The predicted molar refractivity (Wildman–Crippen MR) is 65.3 cm³/mol. The lowest BCUT2D eigenvalue weighted by Crippen LogP contribution is -2.36. The quantitative estimate of drug-likeness (QED) is 0.895. The molecule has 0 aliphatic rings. The number of hydrogen-bond donors (Lipinski definition) is 1. The van der Waals surface area contributed by atoms with E-state index < -0.39 is 25.2 Å². The highest BCUT2D eigenvalue weighted by Crippen LogP contribution is 2.28. The number of benzene rings is 1. The van der Waals surface area contributed by atoms with Crippen molar-refractivity contribution in [3.05, 3.63) is 22.7 Å². The first-order chi connectivity index (χ1) is 8.81. The molecule has 19 heavy (non-hydrogen) atoms. The number of carbonyl (C=O) groups is 1. The van der Waals surface area contributed by atoms with Crippen molar-refractivity contribution < 1.29 is 27.4 Å². The van der Waals surface area contributed by atoms with E-state index in [2.05, 4.69) is 15.9 Å². The van der Waals surface area contributed by atoms with Crippen LogP contribution in [0.4, 0.5) is 13.2 Å². The lowest BCUT2D eigenvalue weighted by molar-refractivity contribution is -0.139. The van der Waals surface area contributed by atoms with Crippen molar-refractivity contribution in [3.8, 4) is 11.5 Å². The minimum atomic E-state index is -4.43. The van der Waals surface area contributed by atoms with Gasteiger partial charge in [-0.2, -0.15) is 13.2 Å². The van der Waals surface area contributed by atoms with Crippen LogP contribution in [0.2, 0.25) is 0 Å². The summed E-state index contributed by atoms with van der Waals surface area (Å²) in [5.41, 5.74) is 0. The van der Waals surface area contributed by atoms with Gasteiger partial charge in [0, 0.05) is 0 Å². The largest absolute Gasteiger partial charge is 0.497 e. The smallest absolute Gasteiger partial charge is 0.405 e. The zero-order valence-electron chi connectivity index (χ0n) is 9.88. The van der Waals surface area contributed by atoms with E-state index in [1.807, 2.05) is 0 Å². The number of alkyl halides is 3. The number of rotatable bonds is 5. The summed E-state index contributed by atoms with van der Waals surface area (Å²) in [5.74, 6) is 0.0729.